The van der Waals surface area contributed by atoms with Gasteiger partial charge >= 0.3 is 0 Å². The third-order valence-corrected chi connectivity index (χ3v) is 5.10. The maximum absolute atomic E-state index is 13.6. The normalized spacial score (nSPS) is 10.8. The molecule has 0 fully saturated rings. The Labute approximate surface area is 155 Å². The molecule has 2 aromatic heterocycles. The maximum Gasteiger partial charge on any atom is 0.199 e. The Morgan fingerprint density at radius 2 is 2.20 bits per heavy atom. The highest BCUT2D eigenvalue weighted by Crippen LogP contribution is 2.35. The van der Waals surface area contributed by atoms with Crippen LogP contribution in [0.2, 0.25) is 0 Å². The summed E-state index contributed by atoms with van der Waals surface area (Å²) in [6.45, 7) is 2.62. The number of furan rings is 1. The fraction of sp³-hybridized carbons (Fsp3) is 0.188. The van der Waals surface area contributed by atoms with E-state index in [0.717, 1.165) is 0 Å². The van der Waals surface area contributed by atoms with Crippen LogP contribution in [0.4, 0.5) is 4.39 Å². The number of aldehydes is 1. The minimum Gasteiger partial charge on any atom is -0.483 e. The lowest BCUT2D eigenvalue weighted by molar-refractivity contribution is 0.109. The van der Waals surface area contributed by atoms with Gasteiger partial charge in [-0.2, -0.15) is 0 Å². The van der Waals surface area contributed by atoms with Crippen molar-refractivity contribution in [3.05, 3.63) is 52.2 Å². The lowest BCUT2D eigenvalue weighted by atomic mass is 10.3. The Kier molecular flexibility index (Phi) is 5.54. The number of para-hydroxylation sites is 1. The highest BCUT2D eigenvalue weighted by molar-refractivity contribution is 9.10. The molecule has 6 nitrogen and oxygen atoms in total. The predicted octanol–water partition coefficient (Wildman–Crippen LogP) is 4.34. The van der Waals surface area contributed by atoms with Crippen LogP contribution in [0.15, 0.2) is 49.5 Å². The van der Waals surface area contributed by atoms with Crippen LogP contribution in [0.1, 0.15) is 23.3 Å². The van der Waals surface area contributed by atoms with Crippen molar-refractivity contribution < 1.29 is 18.3 Å². The SMILES string of the molecule is CCn1c(COc2ccccc2F)nnc1Sc1oc(C=O)cc1Br. The number of aromatic nitrogens is 3. The molecule has 0 N–H and O–H groups in total. The van der Waals surface area contributed by atoms with E-state index in [1.165, 1.54) is 17.8 Å². The minimum absolute atomic E-state index is 0.0846. The van der Waals surface area contributed by atoms with Gasteiger partial charge in [-0.1, -0.05) is 12.1 Å². The van der Waals surface area contributed by atoms with Crippen LogP contribution in [0, 0.1) is 5.82 Å². The lowest BCUT2D eigenvalue weighted by Gasteiger charge is -2.08. The number of hydrogen-bond donors (Lipinski definition) is 0. The Bertz CT molecular complexity index is 897. The largest absolute Gasteiger partial charge is 0.483 e. The summed E-state index contributed by atoms with van der Waals surface area (Å²) >= 11 is 4.58. The zero-order chi connectivity index (χ0) is 17.8. The number of hydrogen-bond acceptors (Lipinski definition) is 6. The van der Waals surface area contributed by atoms with Crippen LogP contribution >= 0.6 is 27.7 Å². The van der Waals surface area contributed by atoms with Gasteiger partial charge in [0, 0.05) is 12.6 Å². The van der Waals surface area contributed by atoms with Crippen LogP contribution in [0.3, 0.4) is 0 Å². The average Bonchev–Trinajstić information content (AvgIpc) is 3.17. The van der Waals surface area contributed by atoms with E-state index in [1.807, 2.05) is 11.5 Å². The van der Waals surface area contributed by atoms with Crippen molar-refractivity contribution in [2.75, 3.05) is 0 Å². The van der Waals surface area contributed by atoms with Gasteiger partial charge in [0.15, 0.2) is 39.7 Å². The molecule has 0 saturated carbocycles. The van der Waals surface area contributed by atoms with Gasteiger partial charge in [0.1, 0.15) is 6.61 Å². The summed E-state index contributed by atoms with van der Waals surface area (Å²) in [4.78, 5) is 10.8. The van der Waals surface area contributed by atoms with Crippen molar-refractivity contribution in [1.29, 1.82) is 0 Å². The molecule has 0 radical (unpaired) electrons. The summed E-state index contributed by atoms with van der Waals surface area (Å²) < 4.78 is 27.0. The Hall–Kier alpha value is -2.13. The van der Waals surface area contributed by atoms with E-state index in [0.29, 0.717) is 33.4 Å². The molecule has 1 aromatic carbocycles. The number of benzene rings is 1. The molecular weight excluding hydrogens is 413 g/mol. The van der Waals surface area contributed by atoms with Gasteiger partial charge in [0.25, 0.3) is 0 Å². The number of rotatable bonds is 7. The van der Waals surface area contributed by atoms with E-state index in [1.54, 1.807) is 24.3 Å². The fourth-order valence-electron chi connectivity index (χ4n) is 2.10. The number of carbonyl (C=O) groups is 1. The quantitative estimate of drug-likeness (QED) is 0.524. The predicted molar refractivity (Wildman–Crippen MR) is 92.3 cm³/mol. The summed E-state index contributed by atoms with van der Waals surface area (Å²) in [5.41, 5.74) is 0. The van der Waals surface area contributed by atoms with Gasteiger partial charge in [-0.05, 0) is 46.7 Å². The molecule has 0 aliphatic rings. The topological polar surface area (TPSA) is 70.2 Å². The van der Waals surface area contributed by atoms with Gasteiger partial charge in [0.05, 0.1) is 4.47 Å². The number of nitrogens with zero attached hydrogens (tertiary/aromatic N) is 3. The van der Waals surface area contributed by atoms with Crippen molar-refractivity contribution in [3.8, 4) is 5.75 Å². The zero-order valence-corrected chi connectivity index (χ0v) is 15.5. The Morgan fingerprint density at radius 3 is 2.88 bits per heavy atom. The van der Waals surface area contributed by atoms with Gasteiger partial charge < -0.3 is 13.7 Å². The van der Waals surface area contributed by atoms with E-state index in [9.17, 15) is 9.18 Å². The number of carbonyl (C=O) groups excluding carboxylic acids is 1. The van der Waals surface area contributed by atoms with Crippen LogP contribution in [-0.4, -0.2) is 21.1 Å². The number of ether oxygens (including phenoxy) is 1. The molecule has 0 spiro atoms. The molecule has 0 amide bonds. The highest BCUT2D eigenvalue weighted by Gasteiger charge is 2.17. The maximum atomic E-state index is 13.6. The lowest BCUT2D eigenvalue weighted by Crippen LogP contribution is -2.07. The Morgan fingerprint density at radius 1 is 1.40 bits per heavy atom. The van der Waals surface area contributed by atoms with Crippen LogP contribution in [0.25, 0.3) is 0 Å². The fourth-order valence-corrected chi connectivity index (χ4v) is 3.54. The molecule has 0 bridgehead atoms. The first-order valence-corrected chi connectivity index (χ1v) is 8.95. The second kappa shape index (κ2) is 7.83. The molecular formula is C16H13BrFN3O3S. The summed E-state index contributed by atoms with van der Waals surface area (Å²) in [5, 5.41) is 9.32. The summed E-state index contributed by atoms with van der Waals surface area (Å²) in [6, 6.07) is 7.77. The third-order valence-electron chi connectivity index (χ3n) is 3.28. The molecule has 0 aliphatic carbocycles. The van der Waals surface area contributed by atoms with E-state index in [2.05, 4.69) is 26.1 Å². The van der Waals surface area contributed by atoms with E-state index < -0.39 is 5.82 Å². The number of halogens is 2. The van der Waals surface area contributed by atoms with E-state index in [4.69, 9.17) is 9.15 Å². The zero-order valence-electron chi connectivity index (χ0n) is 13.1. The Balaban J connectivity index is 1.77. The molecule has 3 aromatic rings. The van der Waals surface area contributed by atoms with E-state index in [-0.39, 0.29) is 18.1 Å². The molecule has 3 rings (SSSR count). The van der Waals surface area contributed by atoms with Crippen LogP contribution in [-0.2, 0) is 13.2 Å². The molecule has 9 heteroatoms. The van der Waals surface area contributed by atoms with Crippen molar-refractivity contribution in [2.24, 2.45) is 0 Å². The first kappa shape index (κ1) is 17.7. The molecule has 130 valence electrons. The smallest absolute Gasteiger partial charge is 0.199 e. The molecule has 25 heavy (non-hydrogen) atoms. The molecule has 2 heterocycles. The van der Waals surface area contributed by atoms with Gasteiger partial charge in [-0.3, -0.25) is 4.79 Å². The molecule has 0 atom stereocenters. The third kappa shape index (κ3) is 3.93. The first-order valence-electron chi connectivity index (χ1n) is 7.34. The van der Waals surface area contributed by atoms with Crippen LogP contribution < -0.4 is 4.74 Å². The standard InChI is InChI=1S/C16H13BrFN3O3S/c1-2-21-14(9-23-13-6-4-3-5-12(13)18)19-20-16(21)25-15-11(17)7-10(8-22)24-15/h3-8H,2,9H2,1H3. The van der Waals surface area contributed by atoms with E-state index >= 15 is 0 Å². The van der Waals surface area contributed by atoms with Gasteiger partial charge in [-0.25, -0.2) is 4.39 Å². The second-order valence-corrected chi connectivity index (χ2v) is 6.66. The summed E-state index contributed by atoms with van der Waals surface area (Å²) in [5.74, 6) is 0.513. The van der Waals surface area contributed by atoms with Gasteiger partial charge in [-0.15, -0.1) is 10.2 Å². The summed E-state index contributed by atoms with van der Waals surface area (Å²) in [6.07, 6.45) is 0.632. The second-order valence-electron chi connectivity index (χ2n) is 4.87. The highest BCUT2D eigenvalue weighted by atomic mass is 79.9. The van der Waals surface area contributed by atoms with Crippen LogP contribution in [0.5, 0.6) is 5.75 Å². The minimum atomic E-state index is -0.430. The van der Waals surface area contributed by atoms with Crippen molar-refractivity contribution in [1.82, 2.24) is 14.8 Å². The molecule has 0 unspecified atom stereocenters. The van der Waals surface area contributed by atoms with Crippen molar-refractivity contribution in [3.63, 3.8) is 0 Å². The van der Waals surface area contributed by atoms with Crippen molar-refractivity contribution in [2.45, 2.75) is 30.3 Å². The first-order chi connectivity index (χ1) is 12.1. The monoisotopic (exact) mass is 425 g/mol. The van der Waals surface area contributed by atoms with Gasteiger partial charge in [0.2, 0.25) is 0 Å². The average molecular weight is 426 g/mol. The van der Waals surface area contributed by atoms with Crippen molar-refractivity contribution >= 4 is 34.0 Å². The molecule has 0 saturated heterocycles. The molecule has 0 aliphatic heterocycles. The summed E-state index contributed by atoms with van der Waals surface area (Å²) in [7, 11) is 0.